The van der Waals surface area contributed by atoms with Gasteiger partial charge in [0.2, 0.25) is 0 Å². The van der Waals surface area contributed by atoms with Crippen molar-refractivity contribution in [2.75, 3.05) is 39.4 Å². The van der Waals surface area contributed by atoms with Crippen LogP contribution in [0.5, 0.6) is 0 Å². The fraction of sp³-hybridized carbons (Fsp3) is 1.00. The van der Waals surface area contributed by atoms with Crippen molar-refractivity contribution in [1.29, 1.82) is 0 Å². The Labute approximate surface area is 119 Å². The summed E-state index contributed by atoms with van der Waals surface area (Å²) in [5, 5.41) is 3.63. The Bertz CT molecular complexity index is 247. The van der Waals surface area contributed by atoms with Gasteiger partial charge in [0.25, 0.3) is 0 Å². The minimum atomic E-state index is 0.380. The van der Waals surface area contributed by atoms with Crippen LogP contribution in [0.2, 0.25) is 0 Å². The number of unbranched alkanes of at least 4 members (excludes halogenated alkanes) is 1. The van der Waals surface area contributed by atoms with E-state index in [0.717, 1.165) is 32.3 Å². The second-order valence-electron chi connectivity index (χ2n) is 6.53. The van der Waals surface area contributed by atoms with Crippen molar-refractivity contribution in [2.45, 2.75) is 58.4 Å². The molecule has 3 nitrogen and oxygen atoms in total. The molecule has 0 spiro atoms. The van der Waals surface area contributed by atoms with E-state index < -0.39 is 0 Å². The molecule has 2 rings (SSSR count). The molecule has 3 heteroatoms. The summed E-state index contributed by atoms with van der Waals surface area (Å²) in [5.74, 6) is 0. The predicted molar refractivity (Wildman–Crippen MR) is 80.5 cm³/mol. The second kappa shape index (κ2) is 7.61. The van der Waals surface area contributed by atoms with Crippen LogP contribution in [0.3, 0.4) is 0 Å². The highest BCUT2D eigenvalue weighted by molar-refractivity contribution is 4.93. The predicted octanol–water partition coefficient (Wildman–Crippen LogP) is 2.66. The van der Waals surface area contributed by atoms with Gasteiger partial charge in [0, 0.05) is 31.2 Å². The molecule has 1 aliphatic carbocycles. The van der Waals surface area contributed by atoms with Crippen molar-refractivity contribution < 1.29 is 4.74 Å². The van der Waals surface area contributed by atoms with E-state index in [9.17, 15) is 0 Å². The summed E-state index contributed by atoms with van der Waals surface area (Å²) < 4.78 is 5.73. The van der Waals surface area contributed by atoms with Gasteiger partial charge in [0.05, 0.1) is 6.61 Å². The van der Waals surface area contributed by atoms with Crippen LogP contribution in [-0.2, 0) is 4.74 Å². The maximum absolute atomic E-state index is 5.73. The molecule has 1 unspecified atom stereocenters. The fourth-order valence-electron chi connectivity index (χ4n) is 3.12. The first-order valence-electron chi connectivity index (χ1n) is 8.32. The Morgan fingerprint density at radius 3 is 2.68 bits per heavy atom. The molecule has 0 aromatic rings. The van der Waals surface area contributed by atoms with Gasteiger partial charge in [0.15, 0.2) is 0 Å². The molecule has 0 bridgehead atoms. The first-order valence-corrected chi connectivity index (χ1v) is 8.32. The molecule has 19 heavy (non-hydrogen) atoms. The van der Waals surface area contributed by atoms with Gasteiger partial charge >= 0.3 is 0 Å². The van der Waals surface area contributed by atoms with E-state index in [0.29, 0.717) is 5.41 Å². The average Bonchev–Trinajstić information content (AvgIpc) is 3.16. The molecule has 112 valence electrons. The van der Waals surface area contributed by atoms with E-state index >= 15 is 0 Å². The lowest BCUT2D eigenvalue weighted by molar-refractivity contribution is 0.103. The minimum Gasteiger partial charge on any atom is -0.381 e. The Balaban J connectivity index is 1.86. The molecule has 0 aromatic heterocycles. The summed E-state index contributed by atoms with van der Waals surface area (Å²) in [6.07, 6.45) is 7.95. The number of nitrogens with one attached hydrogen (secondary N) is 1. The fourth-order valence-corrected chi connectivity index (χ4v) is 3.12. The second-order valence-corrected chi connectivity index (χ2v) is 6.53. The van der Waals surface area contributed by atoms with Crippen LogP contribution in [0, 0.1) is 5.41 Å². The quantitative estimate of drug-likeness (QED) is 0.617. The normalized spacial score (nSPS) is 27.3. The maximum atomic E-state index is 5.73. The molecule has 0 radical (unpaired) electrons. The van der Waals surface area contributed by atoms with Gasteiger partial charge < -0.3 is 10.1 Å². The van der Waals surface area contributed by atoms with Crippen molar-refractivity contribution in [3.63, 3.8) is 0 Å². The van der Waals surface area contributed by atoms with E-state index in [1.807, 2.05) is 0 Å². The SMILES string of the molecule is CCCCN(CC1(CNCCC)CCOC1)C1CC1. The third-order valence-corrected chi connectivity index (χ3v) is 4.51. The number of hydrogen-bond acceptors (Lipinski definition) is 3. The highest BCUT2D eigenvalue weighted by atomic mass is 16.5. The molecule has 1 heterocycles. The van der Waals surface area contributed by atoms with Gasteiger partial charge in [-0.15, -0.1) is 0 Å². The van der Waals surface area contributed by atoms with Crippen LogP contribution in [-0.4, -0.2) is 50.3 Å². The van der Waals surface area contributed by atoms with E-state index in [-0.39, 0.29) is 0 Å². The number of ether oxygens (including phenoxy) is 1. The lowest BCUT2D eigenvalue weighted by Crippen LogP contribution is -2.46. The standard InChI is InChI=1S/C16H32N2O/c1-3-5-10-18(15-6-7-15)13-16(8-11-19-14-16)12-17-9-4-2/h15,17H,3-14H2,1-2H3. The molecular weight excluding hydrogens is 236 g/mol. The number of nitrogens with zero attached hydrogens (tertiary/aromatic N) is 1. The van der Waals surface area contributed by atoms with Crippen LogP contribution in [0.1, 0.15) is 52.4 Å². The van der Waals surface area contributed by atoms with E-state index in [1.165, 1.54) is 51.6 Å². The van der Waals surface area contributed by atoms with Crippen LogP contribution in [0.25, 0.3) is 0 Å². The summed E-state index contributed by atoms with van der Waals surface area (Å²) in [4.78, 5) is 2.76. The van der Waals surface area contributed by atoms with Crippen molar-refractivity contribution in [3.8, 4) is 0 Å². The highest BCUT2D eigenvalue weighted by Gasteiger charge is 2.39. The summed E-state index contributed by atoms with van der Waals surface area (Å²) >= 11 is 0. The Hall–Kier alpha value is -0.120. The Kier molecular flexibility index (Phi) is 6.11. The summed E-state index contributed by atoms with van der Waals surface area (Å²) in [6.45, 7) is 11.3. The molecule has 1 aliphatic heterocycles. The van der Waals surface area contributed by atoms with Crippen molar-refractivity contribution in [3.05, 3.63) is 0 Å². The van der Waals surface area contributed by atoms with Gasteiger partial charge in [-0.3, -0.25) is 4.90 Å². The zero-order valence-electron chi connectivity index (χ0n) is 12.9. The van der Waals surface area contributed by atoms with Gasteiger partial charge in [-0.1, -0.05) is 20.3 Å². The molecule has 1 N–H and O–H groups in total. The molecule has 1 saturated carbocycles. The first kappa shape index (κ1) is 15.3. The lowest BCUT2D eigenvalue weighted by Gasteiger charge is -2.35. The minimum absolute atomic E-state index is 0.380. The Morgan fingerprint density at radius 2 is 2.11 bits per heavy atom. The zero-order chi connectivity index (χ0) is 13.6. The van der Waals surface area contributed by atoms with Gasteiger partial charge in [-0.25, -0.2) is 0 Å². The first-order chi connectivity index (χ1) is 9.29. The average molecular weight is 268 g/mol. The highest BCUT2D eigenvalue weighted by Crippen LogP contribution is 2.34. The molecule has 2 fully saturated rings. The molecule has 0 aromatic carbocycles. The topological polar surface area (TPSA) is 24.5 Å². The molecule has 1 saturated heterocycles. The van der Waals surface area contributed by atoms with Gasteiger partial charge in [-0.05, 0) is 45.2 Å². The molecule has 1 atom stereocenters. The van der Waals surface area contributed by atoms with E-state index in [4.69, 9.17) is 4.74 Å². The third kappa shape index (κ3) is 4.73. The summed E-state index contributed by atoms with van der Waals surface area (Å²) in [7, 11) is 0. The van der Waals surface area contributed by atoms with Gasteiger partial charge in [0.1, 0.15) is 0 Å². The monoisotopic (exact) mass is 268 g/mol. The van der Waals surface area contributed by atoms with Crippen LogP contribution >= 0.6 is 0 Å². The number of rotatable bonds is 10. The van der Waals surface area contributed by atoms with Crippen molar-refractivity contribution in [2.24, 2.45) is 5.41 Å². The number of hydrogen-bond donors (Lipinski definition) is 1. The lowest BCUT2D eigenvalue weighted by atomic mass is 9.86. The smallest absolute Gasteiger partial charge is 0.0547 e. The third-order valence-electron chi connectivity index (χ3n) is 4.51. The Morgan fingerprint density at radius 1 is 1.26 bits per heavy atom. The van der Waals surface area contributed by atoms with Crippen molar-refractivity contribution >= 4 is 0 Å². The molecule has 0 amide bonds. The van der Waals surface area contributed by atoms with Gasteiger partial charge in [-0.2, -0.15) is 0 Å². The van der Waals surface area contributed by atoms with E-state index in [2.05, 4.69) is 24.1 Å². The van der Waals surface area contributed by atoms with E-state index in [1.54, 1.807) is 0 Å². The zero-order valence-corrected chi connectivity index (χ0v) is 12.9. The van der Waals surface area contributed by atoms with Crippen LogP contribution < -0.4 is 5.32 Å². The molecule has 2 aliphatic rings. The largest absolute Gasteiger partial charge is 0.381 e. The summed E-state index contributed by atoms with van der Waals surface area (Å²) in [5.41, 5.74) is 0.380. The maximum Gasteiger partial charge on any atom is 0.0547 e. The van der Waals surface area contributed by atoms with Crippen LogP contribution in [0.15, 0.2) is 0 Å². The summed E-state index contributed by atoms with van der Waals surface area (Å²) in [6, 6.07) is 0.884. The van der Waals surface area contributed by atoms with Crippen LogP contribution in [0.4, 0.5) is 0 Å². The molecular formula is C16H32N2O. The van der Waals surface area contributed by atoms with Crippen molar-refractivity contribution in [1.82, 2.24) is 10.2 Å².